The van der Waals surface area contributed by atoms with E-state index in [0.29, 0.717) is 29.4 Å². The monoisotopic (exact) mass is 340 g/mol. The SMILES string of the molecule is O=C(C1C2CC3CC(C2)CC1C3)N1CCN(c2ccccc2O)CC1. The standard InChI is InChI=1S/C21H28N2O2/c24-19-4-2-1-3-18(19)22-5-7-23(8-6-22)21(25)20-16-10-14-9-15(12-16)13-17(20)11-14/h1-4,14-17,20,24H,5-13H2. The van der Waals surface area contributed by atoms with Crippen molar-refractivity contribution in [1.29, 1.82) is 0 Å². The average molecular weight is 340 g/mol. The van der Waals surface area contributed by atoms with E-state index >= 15 is 0 Å². The van der Waals surface area contributed by atoms with Gasteiger partial charge < -0.3 is 14.9 Å². The highest BCUT2D eigenvalue weighted by Gasteiger charge is 2.51. The van der Waals surface area contributed by atoms with Crippen LogP contribution in [0, 0.1) is 29.6 Å². The van der Waals surface area contributed by atoms with Crippen LogP contribution in [-0.2, 0) is 4.79 Å². The van der Waals surface area contributed by atoms with Crippen molar-refractivity contribution in [2.24, 2.45) is 29.6 Å². The highest BCUT2D eigenvalue weighted by molar-refractivity contribution is 5.80. The average Bonchev–Trinajstić information content (AvgIpc) is 2.61. The summed E-state index contributed by atoms with van der Waals surface area (Å²) in [6, 6.07) is 7.51. The fourth-order valence-corrected chi connectivity index (χ4v) is 6.44. The number of para-hydroxylation sites is 2. The van der Waals surface area contributed by atoms with Crippen LogP contribution in [0.2, 0.25) is 0 Å². The molecule has 5 aliphatic rings. The molecule has 25 heavy (non-hydrogen) atoms. The molecule has 0 atom stereocenters. The molecular formula is C21H28N2O2. The number of aromatic hydroxyl groups is 1. The molecule has 0 aromatic heterocycles. The summed E-state index contributed by atoms with van der Waals surface area (Å²) < 4.78 is 0. The molecule has 4 saturated carbocycles. The number of carbonyl (C=O) groups excluding carboxylic acids is 1. The lowest BCUT2D eigenvalue weighted by Gasteiger charge is -2.54. The van der Waals surface area contributed by atoms with E-state index in [1.54, 1.807) is 6.07 Å². The predicted octanol–water partition coefficient (Wildman–Crippen LogP) is 3.11. The summed E-state index contributed by atoms with van der Waals surface area (Å²) >= 11 is 0. The molecule has 5 fully saturated rings. The summed E-state index contributed by atoms with van der Waals surface area (Å²) in [5, 5.41) is 10.1. The fourth-order valence-electron chi connectivity index (χ4n) is 6.44. The summed E-state index contributed by atoms with van der Waals surface area (Å²) in [7, 11) is 0. The molecule has 6 rings (SSSR count). The van der Waals surface area contributed by atoms with Crippen molar-refractivity contribution in [1.82, 2.24) is 4.90 Å². The lowest BCUT2D eigenvalue weighted by Crippen LogP contribution is -2.56. The number of hydrogen-bond acceptors (Lipinski definition) is 3. The van der Waals surface area contributed by atoms with Crippen molar-refractivity contribution in [3.63, 3.8) is 0 Å². The first kappa shape index (κ1) is 15.5. The smallest absolute Gasteiger partial charge is 0.226 e. The zero-order valence-electron chi connectivity index (χ0n) is 14.8. The van der Waals surface area contributed by atoms with Gasteiger partial charge >= 0.3 is 0 Å². The first-order valence-corrected chi connectivity index (χ1v) is 10.0. The second-order valence-electron chi connectivity index (χ2n) is 8.76. The molecule has 1 aromatic carbocycles. The van der Waals surface area contributed by atoms with E-state index < -0.39 is 0 Å². The number of hydrogen-bond donors (Lipinski definition) is 1. The highest BCUT2D eigenvalue weighted by atomic mass is 16.3. The molecule has 134 valence electrons. The summed E-state index contributed by atoms with van der Waals surface area (Å²) in [6.45, 7) is 3.21. The summed E-state index contributed by atoms with van der Waals surface area (Å²) in [6.07, 6.45) is 6.66. The predicted molar refractivity (Wildman–Crippen MR) is 97.4 cm³/mol. The van der Waals surface area contributed by atoms with E-state index in [1.165, 1.54) is 32.1 Å². The van der Waals surface area contributed by atoms with Crippen LogP contribution < -0.4 is 4.90 Å². The van der Waals surface area contributed by atoms with Gasteiger partial charge in [0.15, 0.2) is 0 Å². The Morgan fingerprint density at radius 1 is 0.880 bits per heavy atom. The van der Waals surface area contributed by atoms with Crippen LogP contribution in [-0.4, -0.2) is 42.1 Å². The summed E-state index contributed by atoms with van der Waals surface area (Å²) in [5.41, 5.74) is 0.893. The molecule has 4 bridgehead atoms. The number of phenols is 1. The number of nitrogens with zero attached hydrogens (tertiary/aromatic N) is 2. The molecule has 1 aliphatic heterocycles. The maximum atomic E-state index is 13.3. The number of phenolic OH excluding ortho intramolecular Hbond substituents is 1. The number of rotatable bonds is 2. The Bertz CT molecular complexity index is 638. The number of carbonyl (C=O) groups is 1. The van der Waals surface area contributed by atoms with Crippen molar-refractivity contribution in [3.8, 4) is 5.75 Å². The minimum absolute atomic E-state index is 0.310. The van der Waals surface area contributed by atoms with Crippen LogP contribution in [0.3, 0.4) is 0 Å². The van der Waals surface area contributed by atoms with Gasteiger partial charge in [0.1, 0.15) is 5.75 Å². The molecule has 1 aromatic rings. The molecule has 4 nitrogen and oxygen atoms in total. The lowest BCUT2D eigenvalue weighted by atomic mass is 9.51. The van der Waals surface area contributed by atoms with Crippen LogP contribution in [0.5, 0.6) is 5.75 Å². The zero-order valence-corrected chi connectivity index (χ0v) is 14.8. The summed E-state index contributed by atoms with van der Waals surface area (Å²) in [4.78, 5) is 17.6. The van der Waals surface area contributed by atoms with Gasteiger partial charge in [-0.05, 0) is 67.9 Å². The van der Waals surface area contributed by atoms with E-state index in [2.05, 4.69) is 9.80 Å². The highest BCUT2D eigenvalue weighted by Crippen LogP contribution is 2.56. The molecule has 4 aliphatic carbocycles. The quantitative estimate of drug-likeness (QED) is 0.900. The maximum Gasteiger partial charge on any atom is 0.226 e. The van der Waals surface area contributed by atoms with Crippen LogP contribution in [0.25, 0.3) is 0 Å². The second-order valence-corrected chi connectivity index (χ2v) is 8.76. The van der Waals surface area contributed by atoms with Crippen molar-refractivity contribution >= 4 is 11.6 Å². The normalized spacial score (nSPS) is 36.7. The van der Waals surface area contributed by atoms with E-state index in [-0.39, 0.29) is 0 Å². The third kappa shape index (κ3) is 2.61. The van der Waals surface area contributed by atoms with Gasteiger partial charge in [-0.15, -0.1) is 0 Å². The van der Waals surface area contributed by atoms with E-state index in [9.17, 15) is 9.90 Å². The van der Waals surface area contributed by atoms with E-state index in [0.717, 1.165) is 43.7 Å². The fraction of sp³-hybridized carbons (Fsp3) is 0.667. The first-order valence-electron chi connectivity index (χ1n) is 10.0. The lowest BCUT2D eigenvalue weighted by molar-refractivity contribution is -0.149. The maximum absolute atomic E-state index is 13.3. The third-order valence-electron chi connectivity index (χ3n) is 7.33. The molecular weight excluding hydrogens is 312 g/mol. The molecule has 0 radical (unpaired) electrons. The van der Waals surface area contributed by atoms with Crippen LogP contribution in [0.4, 0.5) is 5.69 Å². The number of piperazine rings is 1. The number of amides is 1. The Labute approximate surface area is 149 Å². The van der Waals surface area contributed by atoms with Crippen LogP contribution >= 0.6 is 0 Å². The first-order chi connectivity index (χ1) is 12.2. The molecule has 1 saturated heterocycles. The van der Waals surface area contributed by atoms with Gasteiger partial charge in [-0.3, -0.25) is 4.79 Å². The number of benzene rings is 1. The van der Waals surface area contributed by atoms with Gasteiger partial charge in [0, 0.05) is 32.1 Å². The Morgan fingerprint density at radius 3 is 2.08 bits per heavy atom. The number of anilines is 1. The van der Waals surface area contributed by atoms with Gasteiger partial charge in [0.2, 0.25) is 5.91 Å². The van der Waals surface area contributed by atoms with E-state index in [1.807, 2.05) is 18.2 Å². The van der Waals surface area contributed by atoms with Gasteiger partial charge in [-0.25, -0.2) is 0 Å². The van der Waals surface area contributed by atoms with Crippen molar-refractivity contribution < 1.29 is 9.90 Å². The van der Waals surface area contributed by atoms with Crippen molar-refractivity contribution in [2.45, 2.75) is 32.1 Å². The molecule has 4 heteroatoms. The van der Waals surface area contributed by atoms with Gasteiger partial charge in [0.25, 0.3) is 0 Å². The molecule has 1 heterocycles. The molecule has 1 N–H and O–H groups in total. The van der Waals surface area contributed by atoms with Gasteiger partial charge in [-0.2, -0.15) is 0 Å². The molecule has 0 spiro atoms. The van der Waals surface area contributed by atoms with Gasteiger partial charge in [0.05, 0.1) is 5.69 Å². The van der Waals surface area contributed by atoms with Crippen LogP contribution in [0.1, 0.15) is 32.1 Å². The van der Waals surface area contributed by atoms with Crippen LogP contribution in [0.15, 0.2) is 24.3 Å². The summed E-state index contributed by atoms with van der Waals surface area (Å²) in [5.74, 6) is 4.26. The Hall–Kier alpha value is -1.71. The van der Waals surface area contributed by atoms with E-state index in [4.69, 9.17) is 0 Å². The Morgan fingerprint density at radius 2 is 1.48 bits per heavy atom. The van der Waals surface area contributed by atoms with Crippen molar-refractivity contribution in [2.75, 3.05) is 31.1 Å². The van der Waals surface area contributed by atoms with Crippen molar-refractivity contribution in [3.05, 3.63) is 24.3 Å². The molecule has 0 unspecified atom stereocenters. The Kier molecular flexibility index (Phi) is 3.68. The van der Waals surface area contributed by atoms with Gasteiger partial charge in [-0.1, -0.05) is 12.1 Å². The Balaban J connectivity index is 1.25. The topological polar surface area (TPSA) is 43.8 Å². The minimum Gasteiger partial charge on any atom is -0.506 e. The largest absolute Gasteiger partial charge is 0.506 e. The zero-order chi connectivity index (χ0) is 17.0. The third-order valence-corrected chi connectivity index (χ3v) is 7.33. The second kappa shape index (κ2) is 5.93. The molecule has 1 amide bonds. The minimum atomic E-state index is 0.310.